The molecule has 0 saturated carbocycles. The lowest BCUT2D eigenvalue weighted by atomic mass is 9.96. The van der Waals surface area contributed by atoms with E-state index in [2.05, 4.69) is 19.2 Å². The van der Waals surface area contributed by atoms with Gasteiger partial charge in [0.05, 0.1) is 38.6 Å². The lowest BCUT2D eigenvalue weighted by Gasteiger charge is -2.48. The summed E-state index contributed by atoms with van der Waals surface area (Å²) in [6, 6.07) is -0.969. The van der Waals surface area contributed by atoms with Crippen molar-refractivity contribution < 1.29 is 89.4 Å². The molecule has 96 heavy (non-hydrogen) atoms. The predicted octanol–water partition coefficient (Wildman–Crippen LogP) is 12.8. The molecule has 0 aromatic carbocycles. The molecule has 12 N–H and O–H groups in total. The number of hydrogen-bond acceptors (Lipinski definition) is 18. The molecule has 19 heteroatoms. The van der Waals surface area contributed by atoms with E-state index in [-0.39, 0.29) is 18.9 Å². The Morgan fingerprint density at radius 1 is 0.365 bits per heavy atom. The van der Waals surface area contributed by atoms with Gasteiger partial charge in [-0.05, 0) is 19.3 Å². The number of aliphatic hydroxyl groups is 11. The molecule has 0 aromatic heterocycles. The number of hydrogen-bond donors (Lipinski definition) is 12. The highest BCUT2D eigenvalue weighted by atomic mass is 16.8. The van der Waals surface area contributed by atoms with Gasteiger partial charge in [-0.25, -0.2) is 0 Å². The second kappa shape index (κ2) is 59.0. The fraction of sp³-hybridized carbons (Fsp3) is 0.961. The minimum absolute atomic E-state index is 0.250. The predicted molar refractivity (Wildman–Crippen MR) is 379 cm³/mol. The molecule has 0 aromatic rings. The number of unbranched alkanes of at least 4 members (excludes halogenated alkanes) is 48. The molecule has 3 aliphatic rings. The van der Waals surface area contributed by atoms with Crippen LogP contribution in [0.25, 0.3) is 0 Å². The average Bonchev–Trinajstić information content (AvgIpc) is 0.787. The van der Waals surface area contributed by atoms with Crippen LogP contribution in [0.1, 0.15) is 341 Å². The minimum atomic E-state index is -1.98. The maximum atomic E-state index is 13.4. The summed E-state index contributed by atoms with van der Waals surface area (Å²) >= 11 is 0. The van der Waals surface area contributed by atoms with E-state index in [1.165, 1.54) is 270 Å². The van der Waals surface area contributed by atoms with Crippen molar-refractivity contribution in [2.24, 2.45) is 0 Å². The highest BCUT2D eigenvalue weighted by Crippen LogP contribution is 2.33. The zero-order chi connectivity index (χ0) is 69.6. The molecule has 0 radical (unpaired) electrons. The van der Waals surface area contributed by atoms with Crippen LogP contribution in [0.3, 0.4) is 0 Å². The smallest absolute Gasteiger partial charge is 0.220 e. The van der Waals surface area contributed by atoms with Crippen molar-refractivity contribution >= 4 is 5.91 Å². The van der Waals surface area contributed by atoms with Crippen LogP contribution in [0.4, 0.5) is 0 Å². The Morgan fingerprint density at radius 3 is 0.979 bits per heavy atom. The first-order chi connectivity index (χ1) is 46.8. The standard InChI is InChI=1S/C77H147NO18/c1-3-5-7-9-11-13-15-17-19-21-22-23-24-25-26-27-28-29-30-31-32-33-34-35-36-37-38-39-41-43-45-47-49-51-53-55-65(83)78-60(61(82)54-52-50-48-46-44-42-40-20-18-16-14-12-10-8-6-4-2)59-91-75-71(89)68(86)73(63(57-80)93-75)96-77-72(90)69(87)74(64(58-81)94-77)95-76-70(88)67(85)66(84)62(56-79)92-76/h52,54,60-64,66-77,79-82,84-90H,3-51,53,55-59H2,1-2H3,(H,78,83)/b54-52+. The number of aliphatic hydroxyl groups excluding tert-OH is 11. The Balaban J connectivity index is 1.32. The third-order valence-electron chi connectivity index (χ3n) is 20.3. The number of carbonyl (C=O) groups excluding carboxylic acids is 1. The van der Waals surface area contributed by atoms with Gasteiger partial charge >= 0.3 is 0 Å². The van der Waals surface area contributed by atoms with Crippen molar-refractivity contribution in [3.05, 3.63) is 12.2 Å². The Bertz CT molecular complexity index is 1790. The van der Waals surface area contributed by atoms with Crippen LogP contribution in [0.15, 0.2) is 12.2 Å². The van der Waals surface area contributed by atoms with Crippen LogP contribution in [-0.2, 0) is 33.2 Å². The Labute approximate surface area is 582 Å². The number of rotatable bonds is 64. The fourth-order valence-electron chi connectivity index (χ4n) is 13.9. The molecule has 0 aliphatic carbocycles. The van der Waals surface area contributed by atoms with Crippen molar-refractivity contribution in [3.63, 3.8) is 0 Å². The van der Waals surface area contributed by atoms with Crippen molar-refractivity contribution in [1.82, 2.24) is 5.32 Å². The van der Waals surface area contributed by atoms with Crippen molar-refractivity contribution in [2.45, 2.75) is 446 Å². The molecule has 568 valence electrons. The molecule has 3 aliphatic heterocycles. The molecule has 19 nitrogen and oxygen atoms in total. The quantitative estimate of drug-likeness (QED) is 0.0199. The number of ether oxygens (including phenoxy) is 6. The number of amides is 1. The lowest BCUT2D eigenvalue weighted by Crippen LogP contribution is -2.66. The second-order valence-corrected chi connectivity index (χ2v) is 28.9. The summed E-state index contributed by atoms with van der Waals surface area (Å²) in [5.41, 5.74) is 0. The van der Waals surface area contributed by atoms with Crippen molar-refractivity contribution in [2.75, 3.05) is 26.4 Å². The molecule has 3 fully saturated rings. The topological polar surface area (TPSA) is 307 Å². The van der Waals surface area contributed by atoms with E-state index >= 15 is 0 Å². The van der Waals surface area contributed by atoms with Gasteiger partial charge in [0.1, 0.15) is 73.2 Å². The van der Waals surface area contributed by atoms with E-state index in [9.17, 15) is 61.0 Å². The van der Waals surface area contributed by atoms with Gasteiger partial charge in [0, 0.05) is 6.42 Å². The van der Waals surface area contributed by atoms with Crippen LogP contribution in [0.5, 0.6) is 0 Å². The lowest BCUT2D eigenvalue weighted by molar-refractivity contribution is -0.379. The highest BCUT2D eigenvalue weighted by molar-refractivity contribution is 5.76. The summed E-state index contributed by atoms with van der Waals surface area (Å²) in [4.78, 5) is 13.4. The first-order valence-electron chi connectivity index (χ1n) is 39.9. The van der Waals surface area contributed by atoms with E-state index in [0.717, 1.165) is 44.9 Å². The van der Waals surface area contributed by atoms with E-state index in [4.69, 9.17) is 28.4 Å². The van der Waals surface area contributed by atoms with Crippen LogP contribution in [0, 0.1) is 0 Å². The van der Waals surface area contributed by atoms with Crippen molar-refractivity contribution in [1.29, 1.82) is 0 Å². The van der Waals surface area contributed by atoms with E-state index in [1.54, 1.807) is 6.08 Å². The largest absolute Gasteiger partial charge is 0.394 e. The number of carbonyl (C=O) groups is 1. The van der Waals surface area contributed by atoms with Gasteiger partial charge in [0.15, 0.2) is 18.9 Å². The summed E-state index contributed by atoms with van der Waals surface area (Å²) in [6.45, 7) is 1.79. The summed E-state index contributed by atoms with van der Waals surface area (Å²) in [5, 5.41) is 121. The maximum absolute atomic E-state index is 13.4. The molecular weight excluding hydrogens is 1230 g/mol. The molecule has 17 atom stereocenters. The van der Waals surface area contributed by atoms with Crippen LogP contribution in [-0.4, -0.2) is 193 Å². The molecule has 3 saturated heterocycles. The third kappa shape index (κ3) is 39.3. The van der Waals surface area contributed by atoms with Crippen molar-refractivity contribution in [3.8, 4) is 0 Å². The van der Waals surface area contributed by atoms with Gasteiger partial charge in [-0.2, -0.15) is 0 Å². The first-order valence-corrected chi connectivity index (χ1v) is 39.9. The van der Waals surface area contributed by atoms with Gasteiger partial charge in [0.25, 0.3) is 0 Å². The molecule has 0 spiro atoms. The number of allylic oxidation sites excluding steroid dienone is 1. The second-order valence-electron chi connectivity index (χ2n) is 28.9. The Kier molecular flexibility index (Phi) is 54.5. The van der Waals surface area contributed by atoms with Crippen LogP contribution >= 0.6 is 0 Å². The zero-order valence-electron chi connectivity index (χ0n) is 60.6. The Morgan fingerprint density at radius 2 is 0.646 bits per heavy atom. The first kappa shape index (κ1) is 88.7. The van der Waals surface area contributed by atoms with E-state index in [1.807, 2.05) is 6.08 Å². The summed E-state index contributed by atoms with van der Waals surface area (Å²) in [5.74, 6) is -0.267. The molecule has 3 heterocycles. The van der Waals surface area contributed by atoms with Gasteiger partial charge < -0.3 is 89.9 Å². The monoisotopic (exact) mass is 1370 g/mol. The minimum Gasteiger partial charge on any atom is -0.394 e. The van der Waals surface area contributed by atoms with Gasteiger partial charge in [-0.1, -0.05) is 328 Å². The van der Waals surface area contributed by atoms with Crippen LogP contribution < -0.4 is 5.32 Å². The Hall–Kier alpha value is -1.47. The van der Waals surface area contributed by atoms with Gasteiger partial charge in [-0.15, -0.1) is 0 Å². The van der Waals surface area contributed by atoms with E-state index < -0.39 is 124 Å². The molecule has 17 unspecified atom stereocenters. The van der Waals surface area contributed by atoms with Crippen LogP contribution in [0.2, 0.25) is 0 Å². The molecule has 1 amide bonds. The third-order valence-corrected chi connectivity index (χ3v) is 20.3. The SMILES string of the molecule is CCCCCCCCCCCCCCCC/C=C/C(O)C(COC1OC(CO)C(OC2OC(CO)C(OC3OC(CO)C(O)C(O)C3O)C(O)C2O)C(O)C1O)NC(=O)CCCCCCCCCCCCCCCCCCCCCCCCCCCCCCCCCCCCC. The highest BCUT2D eigenvalue weighted by Gasteiger charge is 2.54. The molecule has 3 rings (SSSR count). The fourth-order valence-corrected chi connectivity index (χ4v) is 13.9. The summed E-state index contributed by atoms with van der Waals surface area (Å²) in [6.07, 6.45) is 42.2. The van der Waals surface area contributed by atoms with E-state index in [0.29, 0.717) is 6.42 Å². The summed E-state index contributed by atoms with van der Waals surface area (Å²) in [7, 11) is 0. The molecular formula is C77H147NO18. The maximum Gasteiger partial charge on any atom is 0.220 e. The van der Waals surface area contributed by atoms with Gasteiger partial charge in [-0.3, -0.25) is 4.79 Å². The summed E-state index contributed by atoms with van der Waals surface area (Å²) < 4.78 is 34.4. The zero-order valence-corrected chi connectivity index (χ0v) is 60.6. The molecule has 0 bridgehead atoms. The normalized spacial score (nSPS) is 27.0. The van der Waals surface area contributed by atoms with Gasteiger partial charge in [0.2, 0.25) is 5.91 Å². The number of nitrogens with one attached hydrogen (secondary N) is 1. The average molecular weight is 1380 g/mol.